The third kappa shape index (κ3) is 4.73. The Balaban J connectivity index is 0.000000255. The summed E-state index contributed by atoms with van der Waals surface area (Å²) in [6, 6.07) is -0.731. The number of thiocarbonyl (C=S) groups is 1. The van der Waals surface area contributed by atoms with Crippen molar-refractivity contribution < 1.29 is 14.7 Å². The van der Waals surface area contributed by atoms with Crippen LogP contribution in [0.25, 0.3) is 0 Å². The molecule has 1 atom stereocenters. The number of nitrogens with one attached hydrogen (secondary N) is 1. The van der Waals surface area contributed by atoms with Crippen LogP contribution in [0.3, 0.4) is 0 Å². The summed E-state index contributed by atoms with van der Waals surface area (Å²) in [5, 5.41) is 10.9. The first-order valence-corrected chi connectivity index (χ1v) is 4.28. The van der Waals surface area contributed by atoms with Crippen LogP contribution in [0.2, 0.25) is 0 Å². The summed E-state index contributed by atoms with van der Waals surface area (Å²) in [5.41, 5.74) is 4.84. The number of hydrogen-bond acceptors (Lipinski definition) is 4. The lowest BCUT2D eigenvalue weighted by molar-refractivity contribution is -0.138. The molecule has 80 valence electrons. The molecule has 1 amide bonds. The molecule has 0 aromatic carbocycles. The van der Waals surface area contributed by atoms with E-state index >= 15 is 0 Å². The van der Waals surface area contributed by atoms with Gasteiger partial charge in [0.25, 0.3) is 0 Å². The number of carbonyl (C=O) groups is 2. The summed E-state index contributed by atoms with van der Waals surface area (Å²) < 4.78 is 0. The fourth-order valence-electron chi connectivity index (χ4n) is 0.541. The molecule has 1 saturated heterocycles. The predicted molar refractivity (Wildman–Crippen MR) is 54.7 cm³/mol. The molecule has 1 aliphatic rings. The summed E-state index contributed by atoms with van der Waals surface area (Å²) in [4.78, 5) is 21.7. The molecule has 0 bridgehead atoms. The maximum Gasteiger partial charge on any atom is 0.320 e. The average Bonchev–Trinajstić information content (AvgIpc) is 2.30. The van der Waals surface area contributed by atoms with Crippen molar-refractivity contribution in [2.24, 2.45) is 5.73 Å². The monoisotopic (exact) mass is 219 g/mol. The minimum absolute atomic E-state index is 0.0162. The number of carboxylic acids is 1. The van der Waals surface area contributed by atoms with Gasteiger partial charge in [-0.3, -0.25) is 9.59 Å². The van der Waals surface area contributed by atoms with Gasteiger partial charge in [-0.1, -0.05) is 0 Å². The lowest BCUT2D eigenvalue weighted by Crippen LogP contribution is -2.25. The molecule has 6 nitrogen and oxygen atoms in total. The molecule has 0 aliphatic carbocycles. The van der Waals surface area contributed by atoms with Crippen LogP contribution in [0.1, 0.15) is 6.92 Å². The third-order valence-corrected chi connectivity index (χ3v) is 1.78. The number of carboxylic acid groups (broad SMARTS) is 1. The van der Waals surface area contributed by atoms with Gasteiger partial charge in [-0.2, -0.15) is 0 Å². The Hall–Kier alpha value is -1.21. The van der Waals surface area contributed by atoms with Crippen molar-refractivity contribution in [2.75, 3.05) is 13.6 Å². The van der Waals surface area contributed by atoms with Crippen molar-refractivity contribution in [2.45, 2.75) is 13.0 Å². The second kappa shape index (κ2) is 5.51. The molecule has 0 aromatic heterocycles. The molecule has 0 radical (unpaired) electrons. The van der Waals surface area contributed by atoms with Gasteiger partial charge < -0.3 is 21.1 Å². The summed E-state index contributed by atoms with van der Waals surface area (Å²) in [5.74, 6) is -0.979. The standard InChI is InChI=1S/C4H6N2OS.C3H7NO2/c1-6-2-3(7)5-4(6)8;1-2(4)3(5)6/h2H2,1H3,(H,5,7,8);2H,4H2,1H3,(H,5,6). The number of aliphatic carboxylic acids is 1. The normalized spacial score (nSPS) is 16.9. The molecule has 0 saturated carbocycles. The molecular formula is C7H13N3O3S. The fraction of sp³-hybridized carbons (Fsp3) is 0.571. The van der Waals surface area contributed by atoms with Crippen LogP contribution >= 0.6 is 12.2 Å². The summed E-state index contributed by atoms with van der Waals surface area (Å²) in [7, 11) is 1.78. The molecule has 1 unspecified atom stereocenters. The van der Waals surface area contributed by atoms with E-state index in [4.69, 9.17) is 23.1 Å². The number of rotatable bonds is 1. The summed E-state index contributed by atoms with van der Waals surface area (Å²) in [6.45, 7) is 1.82. The smallest absolute Gasteiger partial charge is 0.320 e. The van der Waals surface area contributed by atoms with Gasteiger partial charge in [-0.15, -0.1) is 0 Å². The van der Waals surface area contributed by atoms with Crippen molar-refractivity contribution >= 4 is 29.2 Å². The predicted octanol–water partition coefficient (Wildman–Crippen LogP) is -1.25. The molecule has 4 N–H and O–H groups in total. The van der Waals surface area contributed by atoms with Crippen LogP contribution < -0.4 is 11.1 Å². The van der Waals surface area contributed by atoms with Crippen LogP contribution in [0.15, 0.2) is 0 Å². The molecule has 1 heterocycles. The zero-order chi connectivity index (χ0) is 11.3. The molecule has 0 aromatic rings. The fourth-order valence-corrected chi connectivity index (χ4v) is 0.720. The highest BCUT2D eigenvalue weighted by molar-refractivity contribution is 7.80. The molecule has 0 spiro atoms. The Bertz CT molecular complexity index is 255. The van der Waals surface area contributed by atoms with E-state index in [0.29, 0.717) is 11.7 Å². The zero-order valence-electron chi connectivity index (χ0n) is 7.98. The number of carbonyl (C=O) groups excluding carboxylic acids is 1. The van der Waals surface area contributed by atoms with Crippen molar-refractivity contribution in [3.63, 3.8) is 0 Å². The van der Waals surface area contributed by atoms with E-state index < -0.39 is 12.0 Å². The highest BCUT2D eigenvalue weighted by Crippen LogP contribution is 1.91. The van der Waals surface area contributed by atoms with Crippen LogP contribution in [0.4, 0.5) is 0 Å². The van der Waals surface area contributed by atoms with Crippen molar-refractivity contribution in [1.29, 1.82) is 0 Å². The van der Waals surface area contributed by atoms with E-state index in [1.54, 1.807) is 11.9 Å². The van der Waals surface area contributed by atoms with Crippen LogP contribution in [-0.2, 0) is 9.59 Å². The number of hydrogen-bond donors (Lipinski definition) is 3. The first kappa shape index (κ1) is 12.8. The number of nitrogens with zero attached hydrogens (tertiary/aromatic N) is 1. The van der Waals surface area contributed by atoms with Gasteiger partial charge in [-0.05, 0) is 19.1 Å². The Labute approximate surface area is 87.1 Å². The average molecular weight is 219 g/mol. The number of nitrogens with two attached hydrogens (primary N) is 1. The van der Waals surface area contributed by atoms with Gasteiger partial charge in [-0.25, -0.2) is 0 Å². The number of likely N-dealkylation sites (N-methyl/N-ethyl adjacent to an activating group) is 1. The summed E-state index contributed by atoms with van der Waals surface area (Å²) in [6.07, 6.45) is 0. The second-order valence-electron chi connectivity index (χ2n) is 2.84. The number of amides is 1. The third-order valence-electron chi connectivity index (χ3n) is 1.36. The highest BCUT2D eigenvalue weighted by atomic mass is 32.1. The van der Waals surface area contributed by atoms with E-state index in [1.807, 2.05) is 0 Å². The van der Waals surface area contributed by atoms with Gasteiger partial charge in [0.2, 0.25) is 5.91 Å². The molecule has 14 heavy (non-hydrogen) atoms. The van der Waals surface area contributed by atoms with E-state index in [-0.39, 0.29) is 5.91 Å². The molecule has 1 rings (SSSR count). The van der Waals surface area contributed by atoms with Gasteiger partial charge in [0.1, 0.15) is 6.04 Å². The Morgan fingerprint density at radius 1 is 1.79 bits per heavy atom. The van der Waals surface area contributed by atoms with Crippen molar-refractivity contribution in [3.8, 4) is 0 Å². The van der Waals surface area contributed by atoms with Crippen LogP contribution in [0, 0.1) is 0 Å². The van der Waals surface area contributed by atoms with Crippen LogP contribution in [-0.4, -0.2) is 46.6 Å². The largest absolute Gasteiger partial charge is 0.480 e. The quantitative estimate of drug-likeness (QED) is 0.477. The summed E-state index contributed by atoms with van der Waals surface area (Å²) >= 11 is 4.71. The molecule has 1 aliphatic heterocycles. The Kier molecular flexibility index (Phi) is 5.03. The lowest BCUT2D eigenvalue weighted by Gasteiger charge is -2.03. The van der Waals surface area contributed by atoms with Crippen molar-refractivity contribution in [3.05, 3.63) is 0 Å². The molecule has 1 fully saturated rings. The highest BCUT2D eigenvalue weighted by Gasteiger charge is 2.18. The minimum atomic E-state index is -0.963. The lowest BCUT2D eigenvalue weighted by atomic mass is 10.4. The van der Waals surface area contributed by atoms with Gasteiger partial charge in [0, 0.05) is 7.05 Å². The van der Waals surface area contributed by atoms with E-state index in [9.17, 15) is 9.59 Å². The Morgan fingerprint density at radius 2 is 2.21 bits per heavy atom. The van der Waals surface area contributed by atoms with Gasteiger partial charge in [0.05, 0.1) is 6.54 Å². The topological polar surface area (TPSA) is 95.7 Å². The second-order valence-corrected chi connectivity index (χ2v) is 3.22. The first-order valence-electron chi connectivity index (χ1n) is 3.88. The zero-order valence-corrected chi connectivity index (χ0v) is 8.80. The Morgan fingerprint density at radius 3 is 2.29 bits per heavy atom. The van der Waals surface area contributed by atoms with Gasteiger partial charge >= 0.3 is 5.97 Å². The van der Waals surface area contributed by atoms with E-state index in [1.165, 1.54) is 6.92 Å². The van der Waals surface area contributed by atoms with Gasteiger partial charge in [0.15, 0.2) is 5.11 Å². The maximum absolute atomic E-state index is 10.4. The molecular weight excluding hydrogens is 206 g/mol. The SMILES string of the molecule is CC(N)C(=O)O.CN1CC(=O)NC1=S. The van der Waals surface area contributed by atoms with E-state index in [0.717, 1.165) is 0 Å². The van der Waals surface area contributed by atoms with Crippen molar-refractivity contribution in [1.82, 2.24) is 10.2 Å². The first-order chi connectivity index (χ1) is 6.34. The van der Waals surface area contributed by atoms with E-state index in [2.05, 4.69) is 5.32 Å². The minimum Gasteiger partial charge on any atom is -0.480 e. The maximum atomic E-state index is 10.4. The molecule has 7 heteroatoms. The van der Waals surface area contributed by atoms with Crippen LogP contribution in [0.5, 0.6) is 0 Å².